The SMILES string of the molecule is CCCC[C]([Sn])=C(CCCC)CCCC.NC(=O)CC(F)(F)F. The zero-order chi connectivity index (χ0) is 18.3. The van der Waals surface area contributed by atoms with E-state index < -0.39 is 18.5 Å². The van der Waals surface area contributed by atoms with Gasteiger partial charge in [-0.05, 0) is 0 Å². The number of halogens is 3. The number of alkyl halides is 3. The number of allylic oxidation sites excluding steroid dienone is 2. The molecule has 0 bridgehead atoms. The van der Waals surface area contributed by atoms with E-state index in [2.05, 4.69) is 26.5 Å². The van der Waals surface area contributed by atoms with Crippen molar-refractivity contribution in [3.8, 4) is 0 Å². The van der Waals surface area contributed by atoms with E-state index in [1.165, 1.54) is 57.8 Å². The van der Waals surface area contributed by atoms with Gasteiger partial charge in [-0.3, -0.25) is 4.79 Å². The van der Waals surface area contributed by atoms with Gasteiger partial charge in [0.15, 0.2) is 0 Å². The number of nitrogens with two attached hydrogens (primary N) is 1. The molecule has 2 nitrogen and oxygen atoms in total. The first kappa shape index (κ1) is 25.0. The summed E-state index contributed by atoms with van der Waals surface area (Å²) in [4.78, 5) is 9.52. The van der Waals surface area contributed by atoms with Gasteiger partial charge < -0.3 is 5.73 Å². The van der Waals surface area contributed by atoms with Crippen molar-refractivity contribution in [3.05, 3.63) is 9.16 Å². The summed E-state index contributed by atoms with van der Waals surface area (Å²) in [7, 11) is 0. The number of hydrogen-bond donors (Lipinski definition) is 1. The van der Waals surface area contributed by atoms with Crippen molar-refractivity contribution >= 4 is 28.4 Å². The zero-order valence-corrected chi connectivity index (χ0v) is 17.5. The predicted molar refractivity (Wildman–Crippen MR) is 91.2 cm³/mol. The van der Waals surface area contributed by atoms with E-state index in [9.17, 15) is 18.0 Å². The van der Waals surface area contributed by atoms with Crippen LogP contribution in [-0.2, 0) is 4.79 Å². The van der Waals surface area contributed by atoms with Crippen LogP contribution in [0.5, 0.6) is 0 Å². The molecule has 0 heterocycles. The Morgan fingerprint density at radius 3 is 1.57 bits per heavy atom. The Kier molecular flexibility index (Phi) is 16.7. The molecule has 0 aliphatic rings. The van der Waals surface area contributed by atoms with Gasteiger partial charge in [0.2, 0.25) is 5.91 Å². The van der Waals surface area contributed by atoms with E-state index >= 15 is 0 Å². The number of amides is 1. The molecule has 6 heteroatoms. The summed E-state index contributed by atoms with van der Waals surface area (Å²) in [6.07, 6.45) is 6.33. The Morgan fingerprint density at radius 2 is 1.30 bits per heavy atom. The molecular weight excluding hydrogens is 410 g/mol. The average molecular weight is 441 g/mol. The van der Waals surface area contributed by atoms with Gasteiger partial charge in [-0.1, -0.05) is 0 Å². The summed E-state index contributed by atoms with van der Waals surface area (Å²) in [6, 6.07) is 0. The van der Waals surface area contributed by atoms with Crippen LogP contribution in [-0.4, -0.2) is 34.6 Å². The van der Waals surface area contributed by atoms with Gasteiger partial charge in [-0.2, -0.15) is 13.2 Å². The van der Waals surface area contributed by atoms with Crippen LogP contribution in [0.15, 0.2) is 9.16 Å². The number of unbranched alkanes of at least 4 members (excludes halogenated alkanes) is 3. The van der Waals surface area contributed by atoms with Gasteiger partial charge >= 0.3 is 116 Å². The van der Waals surface area contributed by atoms with E-state index in [0.29, 0.717) is 0 Å². The molecule has 0 saturated heterocycles. The van der Waals surface area contributed by atoms with Crippen LogP contribution in [0.25, 0.3) is 0 Å². The van der Waals surface area contributed by atoms with Gasteiger partial charge in [0.1, 0.15) is 6.42 Å². The van der Waals surface area contributed by atoms with Gasteiger partial charge in [0.25, 0.3) is 0 Å². The molecule has 0 unspecified atom stereocenters. The van der Waals surface area contributed by atoms with E-state index in [-0.39, 0.29) is 0 Å². The molecular formula is C17H31F3NOSn. The first-order valence-electron chi connectivity index (χ1n) is 8.45. The van der Waals surface area contributed by atoms with Crippen LogP contribution in [0.1, 0.15) is 85.0 Å². The molecule has 0 aromatic heterocycles. The minimum Gasteiger partial charge on any atom is -0.369 e. The maximum Gasteiger partial charge on any atom is 0.397 e. The topological polar surface area (TPSA) is 43.1 Å². The monoisotopic (exact) mass is 442 g/mol. The number of carbonyl (C=O) groups excluding carboxylic acids is 1. The second kappa shape index (κ2) is 15.3. The van der Waals surface area contributed by atoms with Gasteiger partial charge in [-0.25, -0.2) is 0 Å². The standard InChI is InChI=1S/C14H27.C3H4F3NO.Sn/c1-4-7-10-13-14(11-8-5-2)12-9-6-3;4-3(5,6)1-2(7)8;/h4-12H2,1-3H3;1H2,(H2,7,8);. The third-order valence-electron chi connectivity index (χ3n) is 3.25. The van der Waals surface area contributed by atoms with Crippen molar-refractivity contribution in [2.24, 2.45) is 5.73 Å². The van der Waals surface area contributed by atoms with Crippen LogP contribution < -0.4 is 5.73 Å². The Labute approximate surface area is 152 Å². The fourth-order valence-electron chi connectivity index (χ4n) is 1.93. The molecule has 1 amide bonds. The van der Waals surface area contributed by atoms with Gasteiger partial charge in [-0.15, -0.1) is 0 Å². The Morgan fingerprint density at radius 1 is 0.913 bits per heavy atom. The molecule has 0 aromatic rings. The molecule has 23 heavy (non-hydrogen) atoms. The van der Waals surface area contributed by atoms with Crippen molar-refractivity contribution in [1.29, 1.82) is 0 Å². The normalized spacial score (nSPS) is 10.7. The van der Waals surface area contributed by atoms with Gasteiger partial charge in [0.05, 0.1) is 0 Å². The Balaban J connectivity index is 0. The van der Waals surface area contributed by atoms with Crippen LogP contribution >= 0.6 is 0 Å². The molecule has 0 aromatic carbocycles. The minimum atomic E-state index is -4.45. The minimum absolute atomic E-state index is 1.34. The fraction of sp³-hybridized carbons (Fsp3) is 0.824. The largest absolute Gasteiger partial charge is 0.397 e. The number of primary amides is 1. The first-order chi connectivity index (χ1) is 10.7. The van der Waals surface area contributed by atoms with Crippen molar-refractivity contribution < 1.29 is 18.0 Å². The van der Waals surface area contributed by atoms with Crippen LogP contribution in [0.4, 0.5) is 13.2 Å². The number of rotatable bonds is 10. The predicted octanol–water partition coefficient (Wildman–Crippen LogP) is 5.40. The summed E-state index contributed by atoms with van der Waals surface area (Å²) < 4.78 is 34.8. The van der Waals surface area contributed by atoms with Gasteiger partial charge in [0, 0.05) is 0 Å². The fourth-order valence-corrected chi connectivity index (χ4v) is 3.15. The molecule has 0 rings (SSSR count). The van der Waals surface area contributed by atoms with Crippen LogP contribution in [0.2, 0.25) is 0 Å². The molecule has 3 radical (unpaired) electrons. The number of carbonyl (C=O) groups is 1. The van der Waals surface area contributed by atoms with E-state index in [0.717, 1.165) is 0 Å². The molecule has 0 spiro atoms. The molecule has 0 fully saturated rings. The first-order valence-corrected chi connectivity index (χ1v) is 9.88. The summed E-state index contributed by atoms with van der Waals surface area (Å²) in [5, 5.41) is 0. The maximum atomic E-state index is 11.0. The molecule has 135 valence electrons. The molecule has 0 aliphatic heterocycles. The third kappa shape index (κ3) is 19.8. The van der Waals surface area contributed by atoms with E-state index in [1.54, 1.807) is 26.1 Å². The van der Waals surface area contributed by atoms with Crippen molar-refractivity contribution in [2.75, 3.05) is 0 Å². The van der Waals surface area contributed by atoms with E-state index in [4.69, 9.17) is 0 Å². The third-order valence-corrected chi connectivity index (χ3v) is 4.97. The van der Waals surface area contributed by atoms with E-state index in [1.807, 2.05) is 5.57 Å². The second-order valence-corrected chi connectivity index (χ2v) is 7.37. The van der Waals surface area contributed by atoms with Crippen molar-refractivity contribution in [3.63, 3.8) is 0 Å². The molecule has 0 saturated carbocycles. The summed E-state index contributed by atoms with van der Waals surface area (Å²) >= 11 is 1.67. The van der Waals surface area contributed by atoms with Crippen LogP contribution in [0.3, 0.4) is 0 Å². The summed E-state index contributed by atoms with van der Waals surface area (Å²) in [6.45, 7) is 6.89. The summed E-state index contributed by atoms with van der Waals surface area (Å²) in [5.74, 6) is -1.35. The smallest absolute Gasteiger partial charge is 0.369 e. The molecule has 0 atom stereocenters. The maximum absolute atomic E-state index is 11.0. The molecule has 2 N–H and O–H groups in total. The average Bonchev–Trinajstić information content (AvgIpc) is 2.43. The van der Waals surface area contributed by atoms with Crippen molar-refractivity contribution in [2.45, 2.75) is 91.2 Å². The zero-order valence-electron chi connectivity index (χ0n) is 14.7. The quantitative estimate of drug-likeness (QED) is 0.454. The summed E-state index contributed by atoms with van der Waals surface area (Å²) in [5.41, 5.74) is 6.03. The van der Waals surface area contributed by atoms with Crippen molar-refractivity contribution in [1.82, 2.24) is 0 Å². The molecule has 0 aliphatic carbocycles. The Bertz CT molecular complexity index is 331. The second-order valence-electron chi connectivity index (χ2n) is 5.65. The van der Waals surface area contributed by atoms with Crippen LogP contribution in [0, 0.1) is 0 Å². The number of hydrogen-bond acceptors (Lipinski definition) is 1. The Hall–Kier alpha value is -0.201.